The van der Waals surface area contributed by atoms with Gasteiger partial charge in [-0.15, -0.1) is 0 Å². The summed E-state index contributed by atoms with van der Waals surface area (Å²) in [6.45, 7) is 4.38. The molecule has 1 saturated heterocycles. The molecular weight excluding hydrogens is 375 g/mol. The predicted octanol–water partition coefficient (Wildman–Crippen LogP) is 3.28. The largest absolute Gasteiger partial charge is 0.481 e. The third-order valence-electron chi connectivity index (χ3n) is 5.07. The van der Waals surface area contributed by atoms with Crippen LogP contribution in [0.1, 0.15) is 33.7 Å². The first-order valence-corrected chi connectivity index (χ1v) is 8.69. The molecule has 1 atom stereocenters. The number of carboxylic acid groups (broad SMARTS) is 1. The Morgan fingerprint density at radius 3 is 2.21 bits per heavy atom. The van der Waals surface area contributed by atoms with Gasteiger partial charge in [0.15, 0.2) is 11.1 Å². The molecule has 3 rings (SSSR count). The Labute approximate surface area is 159 Å². The van der Waals surface area contributed by atoms with Gasteiger partial charge in [-0.25, -0.2) is 4.68 Å². The summed E-state index contributed by atoms with van der Waals surface area (Å²) in [6, 6.07) is 7.25. The van der Waals surface area contributed by atoms with Gasteiger partial charge >= 0.3 is 12.1 Å². The van der Waals surface area contributed by atoms with Crippen molar-refractivity contribution in [1.82, 2.24) is 14.7 Å². The highest BCUT2D eigenvalue weighted by Crippen LogP contribution is 2.46. The topological polar surface area (TPSA) is 75.4 Å². The molecule has 1 aromatic carbocycles. The summed E-state index contributed by atoms with van der Waals surface area (Å²) in [7, 11) is 0. The van der Waals surface area contributed by atoms with E-state index in [1.54, 1.807) is 11.6 Å². The number of carboxylic acids is 1. The molecule has 1 N–H and O–H groups in total. The zero-order valence-electron chi connectivity index (χ0n) is 15.7. The van der Waals surface area contributed by atoms with Crippen molar-refractivity contribution < 1.29 is 27.9 Å². The van der Waals surface area contributed by atoms with Crippen molar-refractivity contribution in [2.45, 2.75) is 33.4 Å². The van der Waals surface area contributed by atoms with Crippen molar-refractivity contribution in [2.75, 3.05) is 13.1 Å². The summed E-state index contributed by atoms with van der Waals surface area (Å²) < 4.78 is 41.6. The molecule has 150 valence electrons. The maximum absolute atomic E-state index is 13.3. The molecule has 1 unspecified atom stereocenters. The number of rotatable bonds is 3. The molecule has 0 aliphatic carbocycles. The molecule has 0 saturated carbocycles. The minimum Gasteiger partial charge on any atom is -0.481 e. The molecule has 1 fully saturated rings. The molecule has 1 amide bonds. The molecule has 2 aromatic rings. The van der Waals surface area contributed by atoms with Gasteiger partial charge in [0.1, 0.15) is 0 Å². The number of aliphatic carboxylic acids is 1. The minimum absolute atomic E-state index is 0.0139. The minimum atomic E-state index is -4.94. The zero-order valence-corrected chi connectivity index (χ0v) is 15.7. The Morgan fingerprint density at radius 1 is 1.11 bits per heavy atom. The smallest absolute Gasteiger partial charge is 0.406 e. The Balaban J connectivity index is 1.90. The van der Waals surface area contributed by atoms with E-state index in [2.05, 4.69) is 5.10 Å². The number of likely N-dealkylation sites (tertiary alicyclic amines) is 1. The highest BCUT2D eigenvalue weighted by molar-refractivity contribution is 5.93. The van der Waals surface area contributed by atoms with Crippen LogP contribution in [-0.4, -0.2) is 50.9 Å². The van der Waals surface area contributed by atoms with Gasteiger partial charge in [0.05, 0.1) is 5.69 Å². The van der Waals surface area contributed by atoms with Gasteiger partial charge in [-0.1, -0.05) is 6.07 Å². The molecule has 0 bridgehead atoms. The van der Waals surface area contributed by atoms with Gasteiger partial charge < -0.3 is 10.0 Å². The van der Waals surface area contributed by atoms with E-state index in [1.165, 1.54) is 6.07 Å². The molecule has 1 aliphatic rings. The molecule has 28 heavy (non-hydrogen) atoms. The van der Waals surface area contributed by atoms with Crippen LogP contribution in [0.2, 0.25) is 0 Å². The molecule has 1 aromatic heterocycles. The molecule has 2 heterocycles. The van der Waals surface area contributed by atoms with Crippen LogP contribution in [0.3, 0.4) is 0 Å². The number of carbonyl (C=O) groups excluding carboxylic acids is 1. The lowest BCUT2D eigenvalue weighted by molar-refractivity contribution is -0.227. The van der Waals surface area contributed by atoms with Crippen LogP contribution in [0.25, 0.3) is 5.69 Å². The fraction of sp³-hybridized carbons (Fsp3) is 0.421. The van der Waals surface area contributed by atoms with Gasteiger partial charge in [-0.3, -0.25) is 9.59 Å². The SMILES string of the molecule is Cc1cc(C)cc(-n2nc(C(=O)N3CCC(C(=O)O)(C(F)(F)F)C3)cc2C)c1. The van der Waals surface area contributed by atoms with Crippen molar-refractivity contribution in [3.05, 3.63) is 46.8 Å². The van der Waals surface area contributed by atoms with Gasteiger partial charge in [0.2, 0.25) is 0 Å². The number of benzene rings is 1. The standard InChI is InChI=1S/C19H20F3N3O3/c1-11-6-12(2)8-14(7-11)25-13(3)9-15(23-25)16(26)24-5-4-18(10-24,17(27)28)19(20,21)22/h6-9H,4-5,10H2,1-3H3,(H,27,28). The zero-order chi connectivity index (χ0) is 20.9. The number of nitrogens with zero attached hydrogens (tertiary/aromatic N) is 3. The van der Waals surface area contributed by atoms with E-state index in [-0.39, 0.29) is 12.2 Å². The van der Waals surface area contributed by atoms with Crippen LogP contribution in [-0.2, 0) is 4.79 Å². The number of amides is 1. The van der Waals surface area contributed by atoms with E-state index < -0.39 is 36.4 Å². The van der Waals surface area contributed by atoms with Crippen molar-refractivity contribution in [1.29, 1.82) is 0 Å². The third-order valence-corrected chi connectivity index (χ3v) is 5.07. The molecule has 6 nitrogen and oxygen atoms in total. The van der Waals surface area contributed by atoms with Gasteiger partial charge in [0.25, 0.3) is 5.91 Å². The molecule has 0 spiro atoms. The van der Waals surface area contributed by atoms with Crippen molar-refractivity contribution >= 4 is 11.9 Å². The van der Waals surface area contributed by atoms with Gasteiger partial charge in [-0.05, 0) is 56.5 Å². The van der Waals surface area contributed by atoms with E-state index in [0.717, 1.165) is 21.7 Å². The van der Waals surface area contributed by atoms with Crippen molar-refractivity contribution in [3.63, 3.8) is 0 Å². The average Bonchev–Trinajstić information content (AvgIpc) is 3.17. The quantitative estimate of drug-likeness (QED) is 0.866. The van der Waals surface area contributed by atoms with Crippen LogP contribution < -0.4 is 0 Å². The fourth-order valence-corrected chi connectivity index (χ4v) is 3.59. The Hall–Kier alpha value is -2.84. The Bertz CT molecular complexity index is 931. The van der Waals surface area contributed by atoms with Crippen molar-refractivity contribution in [2.24, 2.45) is 5.41 Å². The summed E-state index contributed by atoms with van der Waals surface area (Å²) >= 11 is 0. The first-order chi connectivity index (χ1) is 12.9. The highest BCUT2D eigenvalue weighted by Gasteiger charge is 2.64. The average molecular weight is 395 g/mol. The number of alkyl halides is 3. The number of hydrogen-bond acceptors (Lipinski definition) is 3. The van der Waals surface area contributed by atoms with E-state index in [4.69, 9.17) is 5.11 Å². The Kier molecular flexibility index (Phi) is 4.73. The maximum Gasteiger partial charge on any atom is 0.406 e. The van der Waals surface area contributed by atoms with Crippen LogP contribution in [0.15, 0.2) is 24.3 Å². The summed E-state index contributed by atoms with van der Waals surface area (Å²) in [4.78, 5) is 24.9. The van der Waals surface area contributed by atoms with E-state index in [9.17, 15) is 22.8 Å². The van der Waals surface area contributed by atoms with Crippen LogP contribution in [0, 0.1) is 26.2 Å². The van der Waals surface area contributed by atoms with E-state index in [0.29, 0.717) is 5.69 Å². The number of halogens is 3. The highest BCUT2D eigenvalue weighted by atomic mass is 19.4. The number of aryl methyl sites for hydroxylation is 3. The van der Waals surface area contributed by atoms with Crippen LogP contribution in [0.4, 0.5) is 13.2 Å². The lowest BCUT2D eigenvalue weighted by atomic mass is 9.86. The van der Waals surface area contributed by atoms with E-state index >= 15 is 0 Å². The second-order valence-electron chi connectivity index (χ2n) is 7.29. The predicted molar refractivity (Wildman–Crippen MR) is 94.4 cm³/mol. The molecule has 1 aliphatic heterocycles. The lowest BCUT2D eigenvalue weighted by Gasteiger charge is -2.27. The normalized spacial score (nSPS) is 19.9. The first kappa shape index (κ1) is 19.9. The molecule has 0 radical (unpaired) electrons. The first-order valence-electron chi connectivity index (χ1n) is 8.69. The summed E-state index contributed by atoms with van der Waals surface area (Å²) in [5.74, 6) is -2.68. The summed E-state index contributed by atoms with van der Waals surface area (Å²) in [5, 5.41) is 13.4. The monoisotopic (exact) mass is 395 g/mol. The van der Waals surface area contributed by atoms with Crippen molar-refractivity contribution in [3.8, 4) is 5.69 Å². The van der Waals surface area contributed by atoms with Gasteiger partial charge in [0, 0.05) is 18.8 Å². The fourth-order valence-electron chi connectivity index (χ4n) is 3.59. The van der Waals surface area contributed by atoms with Gasteiger partial charge in [-0.2, -0.15) is 18.3 Å². The second kappa shape index (κ2) is 6.65. The van der Waals surface area contributed by atoms with E-state index in [1.807, 2.05) is 32.0 Å². The number of aromatic nitrogens is 2. The number of hydrogen-bond donors (Lipinski definition) is 1. The maximum atomic E-state index is 13.3. The van der Waals surface area contributed by atoms with Crippen LogP contribution >= 0.6 is 0 Å². The summed E-state index contributed by atoms with van der Waals surface area (Å²) in [5.41, 5.74) is 0.453. The lowest BCUT2D eigenvalue weighted by Crippen LogP contribution is -2.47. The number of carbonyl (C=O) groups is 2. The third kappa shape index (κ3) is 3.25. The molecule has 9 heteroatoms. The summed E-state index contributed by atoms with van der Waals surface area (Å²) in [6.07, 6.45) is -5.61. The second-order valence-corrected chi connectivity index (χ2v) is 7.29. The van der Waals surface area contributed by atoms with Crippen LogP contribution in [0.5, 0.6) is 0 Å². The Morgan fingerprint density at radius 2 is 1.71 bits per heavy atom. The molecular formula is C19H20F3N3O3.